The van der Waals surface area contributed by atoms with Gasteiger partial charge in [-0.2, -0.15) is 0 Å². The van der Waals surface area contributed by atoms with Crippen molar-refractivity contribution in [2.75, 3.05) is 37.7 Å². The van der Waals surface area contributed by atoms with Gasteiger partial charge in [-0.25, -0.2) is 4.98 Å². The van der Waals surface area contributed by atoms with Gasteiger partial charge in [-0.05, 0) is 31.2 Å². The van der Waals surface area contributed by atoms with E-state index in [1.807, 2.05) is 43.3 Å². The lowest BCUT2D eigenvalue weighted by molar-refractivity contribution is 0.243. The number of aromatic nitrogens is 2. The van der Waals surface area contributed by atoms with Crippen LogP contribution in [0.2, 0.25) is 0 Å². The second-order valence-electron chi connectivity index (χ2n) is 6.69. The van der Waals surface area contributed by atoms with Crippen molar-refractivity contribution in [3.8, 4) is 5.75 Å². The molecule has 0 unspecified atom stereocenters. The van der Waals surface area contributed by atoms with Crippen molar-refractivity contribution < 1.29 is 4.74 Å². The number of rotatable bonds is 5. The van der Waals surface area contributed by atoms with Gasteiger partial charge < -0.3 is 14.6 Å². The summed E-state index contributed by atoms with van der Waals surface area (Å²) in [6, 6.07) is 15.7. The zero-order valence-electron chi connectivity index (χ0n) is 15.5. The van der Waals surface area contributed by atoms with E-state index in [4.69, 9.17) is 4.74 Å². The van der Waals surface area contributed by atoms with Gasteiger partial charge >= 0.3 is 0 Å². The topological polar surface area (TPSA) is 61.5 Å². The smallest absolute Gasteiger partial charge is 0.258 e. The number of nitrogens with zero attached hydrogens (tertiary/aromatic N) is 3. The molecule has 0 aliphatic carbocycles. The highest BCUT2D eigenvalue weighted by Gasteiger charge is 2.20. The molecule has 2 heterocycles. The Hall–Kier alpha value is -2.86. The first-order chi connectivity index (χ1) is 13.2. The fourth-order valence-corrected chi connectivity index (χ4v) is 3.56. The fraction of sp³-hybridized carbons (Fsp3) is 0.333. The van der Waals surface area contributed by atoms with Crippen LogP contribution in [0.25, 0.3) is 10.9 Å². The lowest BCUT2D eigenvalue weighted by Gasteiger charge is -2.36. The van der Waals surface area contributed by atoms with Crippen LogP contribution in [0.5, 0.6) is 5.75 Å². The maximum absolute atomic E-state index is 12.2. The molecular weight excluding hydrogens is 340 g/mol. The van der Waals surface area contributed by atoms with Crippen molar-refractivity contribution in [1.82, 2.24) is 14.9 Å². The standard InChI is InChI=1S/C21H24N4O2/c1-2-27-19-10-6-5-9-18(19)25-13-11-24(12-14-25)15-20-22-17-8-4-3-7-16(17)21(26)23-20/h3-10H,2,11-15H2,1H3,(H,22,23,26). The molecule has 2 aromatic carbocycles. The summed E-state index contributed by atoms with van der Waals surface area (Å²) < 4.78 is 5.76. The third kappa shape index (κ3) is 3.80. The van der Waals surface area contributed by atoms with Crippen molar-refractivity contribution in [2.24, 2.45) is 0 Å². The van der Waals surface area contributed by atoms with E-state index >= 15 is 0 Å². The number of benzene rings is 2. The molecule has 140 valence electrons. The number of H-pyrrole nitrogens is 1. The van der Waals surface area contributed by atoms with E-state index in [0.717, 1.165) is 49.0 Å². The second-order valence-corrected chi connectivity index (χ2v) is 6.69. The summed E-state index contributed by atoms with van der Waals surface area (Å²) >= 11 is 0. The maximum atomic E-state index is 12.2. The first-order valence-corrected chi connectivity index (χ1v) is 9.41. The molecule has 6 heteroatoms. The Bertz CT molecular complexity index is 977. The first kappa shape index (κ1) is 17.5. The van der Waals surface area contributed by atoms with Gasteiger partial charge in [0.2, 0.25) is 0 Å². The van der Waals surface area contributed by atoms with Crippen LogP contribution in [0.4, 0.5) is 5.69 Å². The molecule has 0 atom stereocenters. The zero-order valence-corrected chi connectivity index (χ0v) is 15.5. The molecule has 1 aliphatic heterocycles. The summed E-state index contributed by atoms with van der Waals surface area (Å²) in [7, 11) is 0. The molecule has 1 saturated heterocycles. The van der Waals surface area contributed by atoms with Gasteiger partial charge in [0, 0.05) is 26.2 Å². The Labute approximate surface area is 158 Å². The lowest BCUT2D eigenvalue weighted by Crippen LogP contribution is -2.46. The van der Waals surface area contributed by atoms with Crippen LogP contribution < -0.4 is 15.2 Å². The molecule has 27 heavy (non-hydrogen) atoms. The molecular formula is C21H24N4O2. The Kier molecular flexibility index (Phi) is 5.07. The number of aromatic amines is 1. The van der Waals surface area contributed by atoms with Gasteiger partial charge in [-0.15, -0.1) is 0 Å². The number of hydrogen-bond acceptors (Lipinski definition) is 5. The third-order valence-corrected chi connectivity index (χ3v) is 4.91. The van der Waals surface area contributed by atoms with E-state index in [0.29, 0.717) is 18.5 Å². The van der Waals surface area contributed by atoms with Crippen molar-refractivity contribution in [3.05, 3.63) is 64.7 Å². The predicted octanol–water partition coefficient (Wildman–Crippen LogP) is 2.64. The Morgan fingerprint density at radius 3 is 2.59 bits per heavy atom. The number of para-hydroxylation sites is 3. The van der Waals surface area contributed by atoms with Gasteiger partial charge in [-0.1, -0.05) is 24.3 Å². The molecule has 1 aromatic heterocycles. The van der Waals surface area contributed by atoms with Gasteiger partial charge in [0.25, 0.3) is 5.56 Å². The van der Waals surface area contributed by atoms with Crippen LogP contribution in [0.15, 0.2) is 53.3 Å². The average Bonchev–Trinajstić information content (AvgIpc) is 2.69. The molecule has 1 N–H and O–H groups in total. The van der Waals surface area contributed by atoms with Crippen LogP contribution >= 0.6 is 0 Å². The quantitative estimate of drug-likeness (QED) is 0.754. The Balaban J connectivity index is 1.44. The van der Waals surface area contributed by atoms with Crippen molar-refractivity contribution >= 4 is 16.6 Å². The molecule has 4 rings (SSSR count). The number of nitrogens with one attached hydrogen (secondary N) is 1. The molecule has 0 amide bonds. The normalized spacial score (nSPS) is 15.2. The highest BCUT2D eigenvalue weighted by molar-refractivity contribution is 5.77. The van der Waals surface area contributed by atoms with E-state index < -0.39 is 0 Å². The summed E-state index contributed by atoms with van der Waals surface area (Å²) in [6.07, 6.45) is 0. The number of hydrogen-bond donors (Lipinski definition) is 1. The average molecular weight is 364 g/mol. The minimum absolute atomic E-state index is 0.0696. The number of ether oxygens (including phenoxy) is 1. The number of fused-ring (bicyclic) bond motifs is 1. The number of piperazine rings is 1. The molecule has 0 saturated carbocycles. The second kappa shape index (κ2) is 7.80. The summed E-state index contributed by atoms with van der Waals surface area (Å²) in [6.45, 7) is 6.99. The van der Waals surface area contributed by atoms with Gasteiger partial charge in [0.15, 0.2) is 0 Å². The van der Waals surface area contributed by atoms with Gasteiger partial charge in [0.05, 0.1) is 29.7 Å². The molecule has 6 nitrogen and oxygen atoms in total. The fourth-order valence-electron chi connectivity index (χ4n) is 3.56. The zero-order chi connectivity index (χ0) is 18.6. The summed E-state index contributed by atoms with van der Waals surface area (Å²) in [5.74, 6) is 1.66. The van der Waals surface area contributed by atoms with Crippen LogP contribution in [0.3, 0.4) is 0 Å². The SMILES string of the molecule is CCOc1ccccc1N1CCN(Cc2nc3ccccc3c(=O)[nH]2)CC1. The monoisotopic (exact) mass is 364 g/mol. The van der Waals surface area contributed by atoms with Crippen LogP contribution in [-0.2, 0) is 6.54 Å². The first-order valence-electron chi connectivity index (χ1n) is 9.41. The summed E-state index contributed by atoms with van der Waals surface area (Å²) in [5.41, 5.74) is 1.83. The van der Waals surface area contributed by atoms with Crippen molar-refractivity contribution in [3.63, 3.8) is 0 Å². The molecule has 0 radical (unpaired) electrons. The summed E-state index contributed by atoms with van der Waals surface area (Å²) in [5, 5.41) is 0.638. The maximum Gasteiger partial charge on any atom is 0.258 e. The van der Waals surface area contributed by atoms with E-state index in [-0.39, 0.29) is 5.56 Å². The largest absolute Gasteiger partial charge is 0.492 e. The minimum Gasteiger partial charge on any atom is -0.492 e. The molecule has 3 aromatic rings. The van der Waals surface area contributed by atoms with Crippen LogP contribution in [0, 0.1) is 0 Å². The Morgan fingerprint density at radius 1 is 1.04 bits per heavy atom. The van der Waals surface area contributed by atoms with Crippen LogP contribution in [0.1, 0.15) is 12.7 Å². The molecule has 0 bridgehead atoms. The highest BCUT2D eigenvalue weighted by Crippen LogP contribution is 2.28. The van der Waals surface area contributed by atoms with Gasteiger partial charge in [-0.3, -0.25) is 9.69 Å². The van der Waals surface area contributed by atoms with E-state index in [1.54, 1.807) is 6.07 Å². The molecule has 0 spiro atoms. The predicted molar refractivity (Wildman–Crippen MR) is 107 cm³/mol. The van der Waals surface area contributed by atoms with Crippen molar-refractivity contribution in [2.45, 2.75) is 13.5 Å². The number of anilines is 1. The lowest BCUT2D eigenvalue weighted by atomic mass is 10.2. The molecule has 1 aliphatic rings. The summed E-state index contributed by atoms with van der Waals surface area (Å²) in [4.78, 5) is 24.5. The van der Waals surface area contributed by atoms with E-state index in [9.17, 15) is 4.79 Å². The van der Waals surface area contributed by atoms with E-state index in [1.165, 1.54) is 0 Å². The highest BCUT2D eigenvalue weighted by atomic mass is 16.5. The van der Waals surface area contributed by atoms with Gasteiger partial charge in [0.1, 0.15) is 11.6 Å². The molecule has 1 fully saturated rings. The minimum atomic E-state index is -0.0696. The third-order valence-electron chi connectivity index (χ3n) is 4.91. The van der Waals surface area contributed by atoms with E-state index in [2.05, 4.69) is 25.8 Å². The van der Waals surface area contributed by atoms with Crippen molar-refractivity contribution in [1.29, 1.82) is 0 Å². The van der Waals surface area contributed by atoms with Crippen LogP contribution in [-0.4, -0.2) is 47.7 Å². The Morgan fingerprint density at radius 2 is 1.78 bits per heavy atom.